The monoisotopic (exact) mass is 251 g/mol. The maximum atomic E-state index is 5.87. The van der Waals surface area contributed by atoms with Crippen molar-refractivity contribution in [3.8, 4) is 0 Å². The van der Waals surface area contributed by atoms with Gasteiger partial charge in [-0.25, -0.2) is 4.98 Å². The molecule has 2 aliphatic rings. The summed E-state index contributed by atoms with van der Waals surface area (Å²) in [7, 11) is 0. The molecule has 1 aromatic heterocycles. The molecule has 0 amide bonds. The van der Waals surface area contributed by atoms with Gasteiger partial charge in [0.05, 0.1) is 5.69 Å². The summed E-state index contributed by atoms with van der Waals surface area (Å²) >= 11 is 1.74. The highest BCUT2D eigenvalue weighted by Gasteiger charge is 2.37. The lowest BCUT2D eigenvalue weighted by Gasteiger charge is -2.43. The molecule has 0 saturated carbocycles. The molecule has 0 bridgehead atoms. The number of aryl methyl sites for hydroxylation is 1. The van der Waals surface area contributed by atoms with Crippen molar-refractivity contribution in [2.45, 2.75) is 51.0 Å². The minimum atomic E-state index is 0.717. The van der Waals surface area contributed by atoms with Crippen molar-refractivity contribution < 1.29 is 0 Å². The molecule has 3 nitrogen and oxygen atoms in total. The molecule has 1 fully saturated rings. The SMILES string of the molecule is CCCN1CCC[C@H]2c3sc(N)nc3CC[C@@H]21. The number of rotatable bonds is 2. The lowest BCUT2D eigenvalue weighted by Crippen LogP contribution is -2.46. The van der Waals surface area contributed by atoms with Crippen LogP contribution in [0.4, 0.5) is 5.13 Å². The van der Waals surface area contributed by atoms with E-state index in [1.54, 1.807) is 11.3 Å². The maximum Gasteiger partial charge on any atom is 0.180 e. The number of likely N-dealkylation sites (tertiary alicyclic amines) is 1. The number of nitrogens with zero attached hydrogens (tertiary/aromatic N) is 2. The Morgan fingerprint density at radius 1 is 1.47 bits per heavy atom. The lowest BCUT2D eigenvalue weighted by molar-refractivity contribution is 0.114. The first-order valence-corrected chi connectivity index (χ1v) is 7.60. The van der Waals surface area contributed by atoms with Crippen LogP contribution in [0, 0.1) is 0 Å². The third kappa shape index (κ3) is 1.97. The average molecular weight is 251 g/mol. The zero-order chi connectivity index (χ0) is 11.8. The van der Waals surface area contributed by atoms with E-state index < -0.39 is 0 Å². The van der Waals surface area contributed by atoms with Crippen LogP contribution in [0.15, 0.2) is 0 Å². The van der Waals surface area contributed by atoms with Crippen LogP contribution in [0.5, 0.6) is 0 Å². The molecule has 0 spiro atoms. The van der Waals surface area contributed by atoms with Gasteiger partial charge in [-0.2, -0.15) is 0 Å². The molecule has 3 rings (SSSR count). The first-order chi connectivity index (χ1) is 8.29. The molecule has 1 aliphatic carbocycles. The van der Waals surface area contributed by atoms with Gasteiger partial charge in [-0.15, -0.1) is 11.3 Å². The maximum absolute atomic E-state index is 5.87. The molecule has 1 saturated heterocycles. The first-order valence-electron chi connectivity index (χ1n) is 6.78. The molecular formula is C13H21N3S. The van der Waals surface area contributed by atoms with Crippen molar-refractivity contribution in [1.29, 1.82) is 0 Å². The van der Waals surface area contributed by atoms with E-state index in [4.69, 9.17) is 5.73 Å². The topological polar surface area (TPSA) is 42.1 Å². The highest BCUT2D eigenvalue weighted by atomic mass is 32.1. The molecular weight excluding hydrogens is 230 g/mol. The number of hydrogen-bond acceptors (Lipinski definition) is 4. The molecule has 4 heteroatoms. The van der Waals surface area contributed by atoms with Crippen LogP contribution in [-0.4, -0.2) is 29.0 Å². The highest BCUT2D eigenvalue weighted by molar-refractivity contribution is 7.15. The third-order valence-corrected chi connectivity index (χ3v) is 5.22. The number of piperidine rings is 1. The molecule has 1 aliphatic heterocycles. The number of aromatic nitrogens is 1. The Morgan fingerprint density at radius 3 is 3.18 bits per heavy atom. The Morgan fingerprint density at radius 2 is 2.35 bits per heavy atom. The standard InChI is InChI=1S/C13H21N3S/c1-2-7-16-8-3-4-9-11(16)6-5-10-12(9)17-13(14)15-10/h9,11H,2-8H2,1H3,(H2,14,15)/t9-,11+/m1/s1. The predicted molar refractivity (Wildman–Crippen MR) is 72.5 cm³/mol. The summed E-state index contributed by atoms with van der Waals surface area (Å²) in [6, 6.07) is 0.760. The van der Waals surface area contributed by atoms with Crippen molar-refractivity contribution in [3.05, 3.63) is 10.6 Å². The van der Waals surface area contributed by atoms with Gasteiger partial charge in [-0.05, 0) is 45.2 Å². The van der Waals surface area contributed by atoms with Crippen LogP contribution < -0.4 is 5.73 Å². The second-order valence-electron chi connectivity index (χ2n) is 5.25. The summed E-state index contributed by atoms with van der Waals surface area (Å²) in [5.41, 5.74) is 7.17. The van der Waals surface area contributed by atoms with Crippen LogP contribution in [0.25, 0.3) is 0 Å². The second kappa shape index (κ2) is 4.58. The van der Waals surface area contributed by atoms with Gasteiger partial charge in [0.15, 0.2) is 5.13 Å². The molecule has 2 atom stereocenters. The summed E-state index contributed by atoms with van der Waals surface area (Å²) in [6.45, 7) is 4.83. The Bertz CT molecular complexity index is 399. The van der Waals surface area contributed by atoms with E-state index in [1.165, 1.54) is 49.3 Å². The van der Waals surface area contributed by atoms with Crippen LogP contribution in [0.3, 0.4) is 0 Å². The zero-order valence-electron chi connectivity index (χ0n) is 10.5. The van der Waals surface area contributed by atoms with Crippen LogP contribution in [-0.2, 0) is 6.42 Å². The van der Waals surface area contributed by atoms with E-state index in [2.05, 4.69) is 16.8 Å². The number of nitrogens with two attached hydrogens (primary N) is 1. The third-order valence-electron chi connectivity index (χ3n) is 4.16. The minimum Gasteiger partial charge on any atom is -0.375 e. The van der Waals surface area contributed by atoms with Gasteiger partial charge in [-0.3, -0.25) is 4.90 Å². The molecule has 0 aromatic carbocycles. The Kier molecular flexibility index (Phi) is 3.09. The van der Waals surface area contributed by atoms with E-state index in [-0.39, 0.29) is 0 Å². The summed E-state index contributed by atoms with van der Waals surface area (Å²) in [5, 5.41) is 0.767. The van der Waals surface area contributed by atoms with Gasteiger partial charge >= 0.3 is 0 Å². The van der Waals surface area contributed by atoms with E-state index in [0.29, 0.717) is 5.92 Å². The van der Waals surface area contributed by atoms with Gasteiger partial charge in [0.2, 0.25) is 0 Å². The molecule has 94 valence electrons. The molecule has 0 radical (unpaired) electrons. The smallest absolute Gasteiger partial charge is 0.180 e. The number of thiazole rings is 1. The molecule has 0 unspecified atom stereocenters. The van der Waals surface area contributed by atoms with Gasteiger partial charge in [0, 0.05) is 16.8 Å². The summed E-state index contributed by atoms with van der Waals surface area (Å²) in [5.74, 6) is 0.717. The minimum absolute atomic E-state index is 0.717. The van der Waals surface area contributed by atoms with Crippen LogP contribution in [0.2, 0.25) is 0 Å². The van der Waals surface area contributed by atoms with E-state index in [9.17, 15) is 0 Å². The lowest BCUT2D eigenvalue weighted by atomic mass is 9.80. The molecule has 2 heterocycles. The Labute approximate surface area is 107 Å². The summed E-state index contributed by atoms with van der Waals surface area (Å²) in [4.78, 5) is 8.69. The fourth-order valence-electron chi connectivity index (χ4n) is 3.52. The van der Waals surface area contributed by atoms with Crippen molar-refractivity contribution >= 4 is 16.5 Å². The summed E-state index contributed by atoms with van der Waals surface area (Å²) < 4.78 is 0. The van der Waals surface area contributed by atoms with Gasteiger partial charge in [0.25, 0.3) is 0 Å². The second-order valence-corrected chi connectivity index (χ2v) is 6.32. The zero-order valence-corrected chi connectivity index (χ0v) is 11.3. The highest BCUT2D eigenvalue weighted by Crippen LogP contribution is 2.43. The molecule has 2 N–H and O–H groups in total. The fraction of sp³-hybridized carbons (Fsp3) is 0.769. The van der Waals surface area contributed by atoms with Crippen molar-refractivity contribution in [2.75, 3.05) is 18.8 Å². The van der Waals surface area contributed by atoms with Crippen molar-refractivity contribution in [2.24, 2.45) is 0 Å². The number of fused-ring (bicyclic) bond motifs is 3. The molecule has 17 heavy (non-hydrogen) atoms. The number of hydrogen-bond donors (Lipinski definition) is 1. The van der Waals surface area contributed by atoms with Gasteiger partial charge in [-0.1, -0.05) is 6.92 Å². The van der Waals surface area contributed by atoms with E-state index in [1.807, 2.05) is 0 Å². The van der Waals surface area contributed by atoms with Crippen molar-refractivity contribution in [1.82, 2.24) is 9.88 Å². The van der Waals surface area contributed by atoms with E-state index >= 15 is 0 Å². The number of nitrogen functional groups attached to an aromatic ring is 1. The number of anilines is 1. The normalized spacial score (nSPS) is 28.8. The fourth-order valence-corrected chi connectivity index (χ4v) is 4.59. The van der Waals surface area contributed by atoms with E-state index in [0.717, 1.165) is 17.6 Å². The average Bonchev–Trinajstić information content (AvgIpc) is 2.70. The van der Waals surface area contributed by atoms with Crippen LogP contribution >= 0.6 is 11.3 Å². The Hall–Kier alpha value is -0.610. The quantitative estimate of drug-likeness (QED) is 0.878. The first kappa shape index (κ1) is 11.5. The summed E-state index contributed by atoms with van der Waals surface area (Å²) in [6.07, 6.45) is 6.34. The van der Waals surface area contributed by atoms with Crippen LogP contribution in [0.1, 0.15) is 49.1 Å². The predicted octanol–water partition coefficient (Wildman–Crippen LogP) is 2.63. The van der Waals surface area contributed by atoms with Gasteiger partial charge < -0.3 is 5.73 Å². The molecule has 1 aromatic rings. The Balaban J connectivity index is 1.87. The van der Waals surface area contributed by atoms with Crippen molar-refractivity contribution in [3.63, 3.8) is 0 Å². The largest absolute Gasteiger partial charge is 0.375 e. The van der Waals surface area contributed by atoms with Gasteiger partial charge in [0.1, 0.15) is 0 Å².